The normalized spacial score (nSPS) is 10.5. The number of nitrogens with zero attached hydrogens (tertiary/aromatic N) is 1. The first-order valence-electron chi connectivity index (χ1n) is 8.68. The largest absolute Gasteiger partial charge is 0.469 e. The number of nitro benzene ring substituents is 1. The Morgan fingerprint density at radius 2 is 1.77 bits per heavy atom. The van der Waals surface area contributed by atoms with Crippen molar-refractivity contribution in [3.05, 3.63) is 81.0 Å². The highest BCUT2D eigenvalue weighted by Gasteiger charge is 2.21. The van der Waals surface area contributed by atoms with Crippen LogP contribution in [0.2, 0.25) is 0 Å². The molecule has 4 N–H and O–H groups in total. The third-order valence-electron chi connectivity index (χ3n) is 4.32. The molecule has 0 saturated carbocycles. The maximum atomic E-state index is 14.1. The number of carbonyl (C=O) groups is 2. The highest BCUT2D eigenvalue weighted by atomic mass is 19.1. The summed E-state index contributed by atoms with van der Waals surface area (Å²) in [4.78, 5) is 35.3. The first-order chi connectivity index (χ1) is 14.2. The number of nitrogens with two attached hydrogens (primary N) is 1. The fraction of sp³-hybridized carbons (Fsp3) is 0.100. The standard InChI is InChI=1S/C20H17FN4O5/c1-10-7-14(18(22)17(8-10)25(28)29)20(27)23-12-3-4-15(21)16(9-12)24-19(26)13-5-6-30-11(13)2/h3-9H,22H2,1-2H3,(H,23,27)(H,24,26). The minimum Gasteiger partial charge on any atom is -0.469 e. The molecule has 0 atom stereocenters. The van der Waals surface area contributed by atoms with Gasteiger partial charge < -0.3 is 20.8 Å². The molecule has 154 valence electrons. The number of nitrogen functional groups attached to an aromatic ring is 1. The average molecular weight is 412 g/mol. The predicted molar refractivity (Wildman–Crippen MR) is 108 cm³/mol. The van der Waals surface area contributed by atoms with Gasteiger partial charge in [-0.2, -0.15) is 0 Å². The Balaban J connectivity index is 1.85. The van der Waals surface area contributed by atoms with Gasteiger partial charge in [-0.1, -0.05) is 0 Å². The highest BCUT2D eigenvalue weighted by Crippen LogP contribution is 2.28. The van der Waals surface area contributed by atoms with Gasteiger partial charge in [-0.25, -0.2) is 4.39 Å². The summed E-state index contributed by atoms with van der Waals surface area (Å²) >= 11 is 0. The molecule has 2 aromatic carbocycles. The zero-order valence-corrected chi connectivity index (χ0v) is 16.0. The molecule has 0 aliphatic rings. The maximum Gasteiger partial charge on any atom is 0.293 e. The lowest BCUT2D eigenvalue weighted by atomic mass is 10.1. The number of hydrogen-bond donors (Lipinski definition) is 3. The van der Waals surface area contributed by atoms with Gasteiger partial charge in [-0.15, -0.1) is 0 Å². The molecular weight excluding hydrogens is 395 g/mol. The van der Waals surface area contributed by atoms with Crippen molar-refractivity contribution in [2.75, 3.05) is 16.4 Å². The monoisotopic (exact) mass is 412 g/mol. The number of anilines is 3. The van der Waals surface area contributed by atoms with Gasteiger partial charge in [0.25, 0.3) is 17.5 Å². The van der Waals surface area contributed by atoms with Crippen LogP contribution in [0.1, 0.15) is 32.0 Å². The Labute approximate surface area is 169 Å². The number of halogens is 1. The van der Waals surface area contributed by atoms with E-state index in [4.69, 9.17) is 10.2 Å². The molecule has 3 aromatic rings. The Hall–Kier alpha value is -4.21. The Morgan fingerprint density at radius 1 is 1.07 bits per heavy atom. The second-order valence-electron chi connectivity index (χ2n) is 6.50. The zero-order valence-electron chi connectivity index (χ0n) is 16.0. The lowest BCUT2D eigenvalue weighted by molar-refractivity contribution is -0.384. The third-order valence-corrected chi connectivity index (χ3v) is 4.32. The van der Waals surface area contributed by atoms with Gasteiger partial charge in [0.1, 0.15) is 17.3 Å². The second-order valence-corrected chi connectivity index (χ2v) is 6.50. The summed E-state index contributed by atoms with van der Waals surface area (Å²) in [5.74, 6) is -1.64. The van der Waals surface area contributed by atoms with Crippen molar-refractivity contribution in [2.45, 2.75) is 13.8 Å². The molecule has 1 heterocycles. The van der Waals surface area contributed by atoms with Crippen LogP contribution in [0.4, 0.5) is 27.1 Å². The van der Waals surface area contributed by atoms with Gasteiger partial charge >= 0.3 is 0 Å². The smallest absolute Gasteiger partial charge is 0.293 e. The number of rotatable bonds is 5. The number of furan rings is 1. The topological polar surface area (TPSA) is 140 Å². The Kier molecular flexibility index (Phi) is 5.50. The van der Waals surface area contributed by atoms with Crippen LogP contribution >= 0.6 is 0 Å². The van der Waals surface area contributed by atoms with Crippen molar-refractivity contribution < 1.29 is 23.3 Å². The number of hydrogen-bond acceptors (Lipinski definition) is 6. The summed E-state index contributed by atoms with van der Waals surface area (Å²) in [6.45, 7) is 3.18. The fourth-order valence-corrected chi connectivity index (χ4v) is 2.82. The number of aryl methyl sites for hydroxylation is 2. The van der Waals surface area contributed by atoms with Crippen LogP contribution in [-0.2, 0) is 0 Å². The van der Waals surface area contributed by atoms with Gasteiger partial charge in [0.05, 0.1) is 28.0 Å². The molecule has 0 aliphatic carbocycles. The number of nitrogens with one attached hydrogen (secondary N) is 2. The van der Waals surface area contributed by atoms with Crippen LogP contribution in [0, 0.1) is 29.8 Å². The van der Waals surface area contributed by atoms with Crippen molar-refractivity contribution in [1.29, 1.82) is 0 Å². The molecule has 2 amide bonds. The number of carbonyl (C=O) groups excluding carboxylic acids is 2. The maximum absolute atomic E-state index is 14.1. The minimum atomic E-state index is -0.715. The fourth-order valence-electron chi connectivity index (χ4n) is 2.82. The summed E-state index contributed by atoms with van der Waals surface area (Å²) < 4.78 is 19.2. The summed E-state index contributed by atoms with van der Waals surface area (Å²) in [6, 6.07) is 7.69. The molecule has 9 nitrogen and oxygen atoms in total. The van der Waals surface area contributed by atoms with Gasteiger partial charge in [0, 0.05) is 11.8 Å². The molecule has 0 spiro atoms. The number of benzene rings is 2. The molecule has 30 heavy (non-hydrogen) atoms. The van der Waals surface area contributed by atoms with E-state index < -0.39 is 22.6 Å². The summed E-state index contributed by atoms with van der Waals surface area (Å²) in [6.07, 6.45) is 1.34. The SMILES string of the molecule is Cc1cc(C(=O)Nc2ccc(F)c(NC(=O)c3ccoc3C)c2)c(N)c([N+](=O)[O-])c1. The van der Waals surface area contributed by atoms with E-state index >= 15 is 0 Å². The Morgan fingerprint density at radius 3 is 2.40 bits per heavy atom. The molecular formula is C20H17FN4O5. The Bertz CT molecular complexity index is 1170. The molecule has 0 unspecified atom stereocenters. The summed E-state index contributed by atoms with van der Waals surface area (Å²) in [5.41, 5.74) is 5.71. The molecule has 0 saturated heterocycles. The number of amides is 2. The van der Waals surface area contributed by atoms with E-state index in [2.05, 4.69) is 10.6 Å². The molecule has 0 aliphatic heterocycles. The van der Waals surface area contributed by atoms with Crippen LogP contribution in [0.3, 0.4) is 0 Å². The van der Waals surface area contributed by atoms with E-state index in [1.54, 1.807) is 13.8 Å². The first kappa shape index (κ1) is 20.5. The predicted octanol–water partition coefficient (Wildman–Crippen LogP) is 4.03. The lowest BCUT2D eigenvalue weighted by Crippen LogP contribution is -2.16. The lowest BCUT2D eigenvalue weighted by Gasteiger charge is -2.11. The van der Waals surface area contributed by atoms with E-state index in [0.717, 1.165) is 6.07 Å². The van der Waals surface area contributed by atoms with Crippen LogP contribution in [0.5, 0.6) is 0 Å². The van der Waals surface area contributed by atoms with E-state index in [9.17, 15) is 24.1 Å². The van der Waals surface area contributed by atoms with Crippen LogP contribution in [0.15, 0.2) is 47.1 Å². The van der Waals surface area contributed by atoms with Crippen molar-refractivity contribution in [3.8, 4) is 0 Å². The molecule has 0 fully saturated rings. The van der Waals surface area contributed by atoms with E-state index in [1.165, 1.54) is 36.6 Å². The van der Waals surface area contributed by atoms with Gasteiger partial charge in [0.15, 0.2) is 0 Å². The average Bonchev–Trinajstić information content (AvgIpc) is 3.11. The van der Waals surface area contributed by atoms with Gasteiger partial charge in [-0.05, 0) is 49.7 Å². The van der Waals surface area contributed by atoms with Crippen molar-refractivity contribution in [1.82, 2.24) is 0 Å². The third kappa shape index (κ3) is 4.12. The van der Waals surface area contributed by atoms with Crippen molar-refractivity contribution in [3.63, 3.8) is 0 Å². The summed E-state index contributed by atoms with van der Waals surface area (Å²) in [5, 5.41) is 16.0. The number of nitro groups is 1. The van der Waals surface area contributed by atoms with Crippen LogP contribution < -0.4 is 16.4 Å². The van der Waals surface area contributed by atoms with Crippen LogP contribution in [-0.4, -0.2) is 16.7 Å². The van der Waals surface area contributed by atoms with Crippen molar-refractivity contribution in [2.24, 2.45) is 0 Å². The minimum absolute atomic E-state index is 0.0920. The molecule has 3 rings (SSSR count). The van der Waals surface area contributed by atoms with Crippen LogP contribution in [0.25, 0.3) is 0 Å². The van der Waals surface area contributed by atoms with E-state index in [0.29, 0.717) is 11.3 Å². The highest BCUT2D eigenvalue weighted by molar-refractivity contribution is 6.10. The van der Waals surface area contributed by atoms with Gasteiger partial charge in [-0.3, -0.25) is 19.7 Å². The second kappa shape index (κ2) is 8.03. The van der Waals surface area contributed by atoms with Gasteiger partial charge in [0.2, 0.25) is 0 Å². The van der Waals surface area contributed by atoms with E-state index in [1.807, 2.05) is 0 Å². The molecule has 1 aromatic heterocycles. The molecule has 0 bridgehead atoms. The van der Waals surface area contributed by atoms with E-state index in [-0.39, 0.29) is 33.9 Å². The summed E-state index contributed by atoms with van der Waals surface area (Å²) in [7, 11) is 0. The quantitative estimate of drug-likeness (QED) is 0.328. The van der Waals surface area contributed by atoms with Crippen molar-refractivity contribution >= 4 is 34.6 Å². The molecule has 0 radical (unpaired) electrons. The zero-order chi connectivity index (χ0) is 22.0. The first-order valence-corrected chi connectivity index (χ1v) is 8.68. The molecule has 10 heteroatoms.